The predicted octanol–water partition coefficient (Wildman–Crippen LogP) is -0.0304. The van der Waals surface area contributed by atoms with Crippen LogP contribution in [-0.2, 0) is 9.53 Å². The first-order chi connectivity index (χ1) is 7.41. The predicted molar refractivity (Wildman–Crippen MR) is 63.0 cm³/mol. The van der Waals surface area contributed by atoms with Gasteiger partial charge in [-0.2, -0.15) is 0 Å². The third-order valence-electron chi connectivity index (χ3n) is 2.88. The maximum Gasteiger partial charge on any atom is 0.242 e. The molecule has 0 aliphatic heterocycles. The number of aliphatic hydroxyl groups excluding tert-OH is 1. The van der Waals surface area contributed by atoms with Gasteiger partial charge in [-0.3, -0.25) is 4.79 Å². The molecule has 0 radical (unpaired) electrons. The molecule has 1 atom stereocenters. The number of methoxy groups -OCH3 is 1. The Morgan fingerprint density at radius 2 is 2.00 bits per heavy atom. The topological polar surface area (TPSA) is 75.8 Å². The van der Waals surface area contributed by atoms with Gasteiger partial charge in [-0.25, -0.2) is 0 Å². The van der Waals surface area contributed by atoms with Gasteiger partial charge in [-0.05, 0) is 12.8 Å². The second-order valence-electron chi connectivity index (χ2n) is 4.16. The summed E-state index contributed by atoms with van der Waals surface area (Å²) in [5.41, 5.74) is 5.17. The third kappa shape index (κ3) is 4.08. The Bertz CT molecular complexity index is 217. The van der Waals surface area contributed by atoms with Gasteiger partial charge in [0.25, 0.3) is 0 Å². The van der Waals surface area contributed by atoms with E-state index in [0.717, 1.165) is 0 Å². The molecule has 1 unspecified atom stereocenters. The van der Waals surface area contributed by atoms with Crippen LogP contribution >= 0.6 is 0 Å². The van der Waals surface area contributed by atoms with Crippen LogP contribution in [0.4, 0.5) is 0 Å². The monoisotopic (exact) mass is 232 g/mol. The zero-order valence-electron chi connectivity index (χ0n) is 10.7. The van der Waals surface area contributed by atoms with E-state index in [9.17, 15) is 9.90 Å². The van der Waals surface area contributed by atoms with E-state index in [2.05, 4.69) is 0 Å². The molecule has 0 aliphatic rings. The van der Waals surface area contributed by atoms with Crippen LogP contribution in [0, 0.1) is 0 Å². The summed E-state index contributed by atoms with van der Waals surface area (Å²) in [4.78, 5) is 13.5. The molecule has 0 saturated heterocycles. The summed E-state index contributed by atoms with van der Waals surface area (Å²) < 4.78 is 4.80. The van der Waals surface area contributed by atoms with Crippen LogP contribution in [0.25, 0.3) is 0 Å². The zero-order valence-corrected chi connectivity index (χ0v) is 10.7. The second kappa shape index (κ2) is 6.83. The Kier molecular flexibility index (Phi) is 6.55. The lowest BCUT2D eigenvalue weighted by atomic mass is 9.92. The maximum absolute atomic E-state index is 12.0. The molecule has 0 aromatic rings. The highest BCUT2D eigenvalue weighted by Gasteiger charge is 2.32. The standard InChI is InChI=1S/C11H24N2O3/c1-5-11(12,6-2)10(15)13(3)7-9(14)8-16-4/h9,14H,5-8,12H2,1-4H3. The highest BCUT2D eigenvalue weighted by molar-refractivity contribution is 5.85. The van der Waals surface area contributed by atoms with Crippen LogP contribution < -0.4 is 5.73 Å². The first-order valence-corrected chi connectivity index (χ1v) is 5.62. The average molecular weight is 232 g/mol. The number of aliphatic hydroxyl groups is 1. The number of ether oxygens (including phenoxy) is 1. The largest absolute Gasteiger partial charge is 0.389 e. The summed E-state index contributed by atoms with van der Waals surface area (Å²) in [5, 5.41) is 9.52. The van der Waals surface area contributed by atoms with Crippen LogP contribution in [-0.4, -0.2) is 54.9 Å². The fourth-order valence-corrected chi connectivity index (χ4v) is 1.58. The van der Waals surface area contributed by atoms with Crippen molar-refractivity contribution in [2.75, 3.05) is 27.3 Å². The molecule has 3 N–H and O–H groups in total. The number of nitrogens with zero attached hydrogens (tertiary/aromatic N) is 1. The van der Waals surface area contributed by atoms with Crippen molar-refractivity contribution in [1.29, 1.82) is 0 Å². The highest BCUT2D eigenvalue weighted by atomic mass is 16.5. The molecule has 0 aromatic heterocycles. The van der Waals surface area contributed by atoms with Gasteiger partial charge in [-0.1, -0.05) is 13.8 Å². The molecule has 0 bridgehead atoms. The number of carbonyl (C=O) groups excluding carboxylic acids is 1. The quantitative estimate of drug-likeness (QED) is 0.646. The fourth-order valence-electron chi connectivity index (χ4n) is 1.58. The van der Waals surface area contributed by atoms with Crippen LogP contribution in [0.5, 0.6) is 0 Å². The summed E-state index contributed by atoms with van der Waals surface area (Å²) >= 11 is 0. The SMILES string of the molecule is CCC(N)(CC)C(=O)N(C)CC(O)COC. The lowest BCUT2D eigenvalue weighted by Gasteiger charge is -2.31. The molecule has 0 rings (SSSR count). The van der Waals surface area contributed by atoms with Crippen LogP contribution in [0.1, 0.15) is 26.7 Å². The van der Waals surface area contributed by atoms with Crippen molar-refractivity contribution in [3.8, 4) is 0 Å². The van der Waals surface area contributed by atoms with Crippen molar-refractivity contribution < 1.29 is 14.6 Å². The van der Waals surface area contributed by atoms with E-state index in [-0.39, 0.29) is 19.1 Å². The minimum Gasteiger partial charge on any atom is -0.389 e. The van der Waals surface area contributed by atoms with Gasteiger partial charge < -0.3 is 20.5 Å². The average Bonchev–Trinajstić information content (AvgIpc) is 2.27. The van der Waals surface area contributed by atoms with Gasteiger partial charge in [0.15, 0.2) is 0 Å². The van der Waals surface area contributed by atoms with Crippen LogP contribution in [0.15, 0.2) is 0 Å². The van der Waals surface area contributed by atoms with E-state index in [1.807, 2.05) is 13.8 Å². The Hall–Kier alpha value is -0.650. The number of rotatable bonds is 7. The van der Waals surface area contributed by atoms with Crippen LogP contribution in [0.3, 0.4) is 0 Å². The number of carbonyl (C=O) groups is 1. The molecule has 0 fully saturated rings. The molecule has 1 amide bonds. The summed E-state index contributed by atoms with van der Waals surface area (Å²) in [6.07, 6.45) is 0.511. The normalized spacial score (nSPS) is 13.6. The lowest BCUT2D eigenvalue weighted by Crippen LogP contribution is -2.55. The summed E-state index contributed by atoms with van der Waals surface area (Å²) in [6, 6.07) is 0. The molecule has 0 aliphatic carbocycles. The summed E-state index contributed by atoms with van der Waals surface area (Å²) in [5.74, 6) is -0.132. The van der Waals surface area contributed by atoms with Crippen molar-refractivity contribution >= 4 is 5.91 Å². The van der Waals surface area contributed by atoms with Gasteiger partial charge in [0.2, 0.25) is 5.91 Å². The third-order valence-corrected chi connectivity index (χ3v) is 2.88. The Labute approximate surface area is 97.6 Å². The maximum atomic E-state index is 12.0. The summed E-state index contributed by atoms with van der Waals surface area (Å²) in [6.45, 7) is 4.24. The van der Waals surface area contributed by atoms with Gasteiger partial charge in [-0.15, -0.1) is 0 Å². The van der Waals surface area contributed by atoms with Crippen LogP contribution in [0.2, 0.25) is 0 Å². The molecule has 0 aromatic carbocycles. The van der Waals surface area contributed by atoms with E-state index < -0.39 is 11.6 Å². The van der Waals surface area contributed by atoms with Crippen molar-refractivity contribution in [2.45, 2.75) is 38.3 Å². The Morgan fingerprint density at radius 1 is 1.50 bits per heavy atom. The van der Waals surface area contributed by atoms with E-state index in [1.54, 1.807) is 7.05 Å². The van der Waals surface area contributed by atoms with Gasteiger partial charge in [0.1, 0.15) is 0 Å². The molecular weight excluding hydrogens is 208 g/mol. The molecule has 5 nitrogen and oxygen atoms in total. The van der Waals surface area contributed by atoms with Crippen molar-refractivity contribution in [2.24, 2.45) is 5.73 Å². The van der Waals surface area contributed by atoms with E-state index in [0.29, 0.717) is 12.8 Å². The first-order valence-electron chi connectivity index (χ1n) is 5.62. The Morgan fingerprint density at radius 3 is 2.38 bits per heavy atom. The molecule has 0 spiro atoms. The Balaban J connectivity index is 4.37. The fraction of sp³-hybridized carbons (Fsp3) is 0.909. The second-order valence-corrected chi connectivity index (χ2v) is 4.16. The van der Waals surface area contributed by atoms with Crippen molar-refractivity contribution in [3.05, 3.63) is 0 Å². The smallest absolute Gasteiger partial charge is 0.242 e. The molecule has 96 valence electrons. The molecular formula is C11H24N2O3. The number of hydrogen-bond donors (Lipinski definition) is 2. The van der Waals surface area contributed by atoms with E-state index >= 15 is 0 Å². The van der Waals surface area contributed by atoms with Gasteiger partial charge in [0.05, 0.1) is 18.2 Å². The summed E-state index contributed by atoms with van der Waals surface area (Å²) in [7, 11) is 3.16. The van der Waals surface area contributed by atoms with Crippen molar-refractivity contribution in [1.82, 2.24) is 4.90 Å². The number of hydrogen-bond acceptors (Lipinski definition) is 4. The minimum atomic E-state index is -0.818. The van der Waals surface area contributed by atoms with Gasteiger partial charge in [0, 0.05) is 20.7 Å². The minimum absolute atomic E-state index is 0.132. The van der Waals surface area contributed by atoms with E-state index in [4.69, 9.17) is 10.5 Å². The molecule has 0 saturated carbocycles. The van der Waals surface area contributed by atoms with Crippen molar-refractivity contribution in [3.63, 3.8) is 0 Å². The number of nitrogens with two attached hydrogens (primary N) is 1. The zero-order chi connectivity index (χ0) is 12.8. The first kappa shape index (κ1) is 15.3. The van der Waals surface area contributed by atoms with E-state index in [1.165, 1.54) is 12.0 Å². The molecule has 5 heteroatoms. The molecule has 0 heterocycles. The van der Waals surface area contributed by atoms with Gasteiger partial charge >= 0.3 is 0 Å². The molecule has 16 heavy (non-hydrogen) atoms. The number of likely N-dealkylation sites (N-methyl/N-ethyl adjacent to an activating group) is 1. The lowest BCUT2D eigenvalue weighted by molar-refractivity contribution is -0.137. The number of amides is 1. The highest BCUT2D eigenvalue weighted by Crippen LogP contribution is 2.14.